The average molecular weight is 264 g/mol. The highest BCUT2D eigenvalue weighted by molar-refractivity contribution is 5.98. The molecule has 0 radical (unpaired) electrons. The lowest BCUT2D eigenvalue weighted by Crippen LogP contribution is -2.40. The Kier molecular flexibility index (Phi) is 3.95. The lowest BCUT2D eigenvalue weighted by Gasteiger charge is -2.36. The predicted molar refractivity (Wildman–Crippen MR) is 74.3 cm³/mol. The largest absolute Gasteiger partial charge is 0.465 e. The number of carbonyl (C=O) groups is 1. The third kappa shape index (κ3) is 2.98. The zero-order chi connectivity index (χ0) is 13.9. The fourth-order valence-electron chi connectivity index (χ4n) is 2.23. The second kappa shape index (κ2) is 5.48. The number of ether oxygens (including phenoxy) is 2. The third-order valence-electron chi connectivity index (χ3n) is 3.54. The molecule has 0 aromatic heterocycles. The zero-order valence-corrected chi connectivity index (χ0v) is 11.4. The van der Waals surface area contributed by atoms with Crippen molar-refractivity contribution < 1.29 is 14.3 Å². The highest BCUT2D eigenvalue weighted by Crippen LogP contribution is 2.30. The molecule has 0 aliphatic carbocycles. The van der Waals surface area contributed by atoms with Crippen molar-refractivity contribution >= 4 is 17.3 Å². The van der Waals surface area contributed by atoms with Crippen LogP contribution in [0.2, 0.25) is 0 Å². The van der Waals surface area contributed by atoms with E-state index in [0.717, 1.165) is 31.7 Å². The van der Waals surface area contributed by atoms with E-state index >= 15 is 0 Å². The Morgan fingerprint density at radius 2 is 2.11 bits per heavy atom. The van der Waals surface area contributed by atoms with E-state index in [1.165, 1.54) is 7.11 Å². The summed E-state index contributed by atoms with van der Waals surface area (Å²) in [6.45, 7) is 3.61. The summed E-state index contributed by atoms with van der Waals surface area (Å²) in [5.41, 5.74) is 7.58. The molecule has 19 heavy (non-hydrogen) atoms. The Labute approximate surface area is 113 Å². The standard InChI is InChI=1S/C14H20N2O3/c1-14(6-8-19-9-7-14)16-11-5-3-4-10(12(11)15)13(17)18-2/h3-5,16H,6-9,15H2,1-2H3. The number of nitrogen functional groups attached to an aromatic ring is 1. The van der Waals surface area contributed by atoms with E-state index in [0.29, 0.717) is 11.3 Å². The Bertz CT molecular complexity index is 468. The van der Waals surface area contributed by atoms with Crippen LogP contribution < -0.4 is 11.1 Å². The van der Waals surface area contributed by atoms with Gasteiger partial charge >= 0.3 is 5.97 Å². The lowest BCUT2D eigenvalue weighted by molar-refractivity contribution is 0.0601. The van der Waals surface area contributed by atoms with E-state index < -0.39 is 5.97 Å². The summed E-state index contributed by atoms with van der Waals surface area (Å²) in [5, 5.41) is 3.43. The van der Waals surface area contributed by atoms with Gasteiger partial charge in [-0.05, 0) is 31.9 Å². The molecular weight excluding hydrogens is 244 g/mol. The number of para-hydroxylation sites is 1. The van der Waals surface area contributed by atoms with Gasteiger partial charge in [0.15, 0.2) is 0 Å². The number of nitrogens with one attached hydrogen (secondary N) is 1. The van der Waals surface area contributed by atoms with Crippen LogP contribution >= 0.6 is 0 Å². The van der Waals surface area contributed by atoms with Crippen molar-refractivity contribution in [3.63, 3.8) is 0 Å². The number of benzene rings is 1. The topological polar surface area (TPSA) is 73.6 Å². The number of hydrogen-bond donors (Lipinski definition) is 2. The first-order valence-corrected chi connectivity index (χ1v) is 6.38. The number of rotatable bonds is 3. The monoisotopic (exact) mass is 264 g/mol. The molecule has 3 N–H and O–H groups in total. The molecule has 1 saturated heterocycles. The van der Waals surface area contributed by atoms with E-state index in [1.54, 1.807) is 12.1 Å². The molecule has 1 heterocycles. The van der Waals surface area contributed by atoms with Crippen LogP contribution in [0.3, 0.4) is 0 Å². The Morgan fingerprint density at radius 3 is 2.74 bits per heavy atom. The Hall–Kier alpha value is -1.75. The van der Waals surface area contributed by atoms with Crippen molar-refractivity contribution in [3.05, 3.63) is 23.8 Å². The van der Waals surface area contributed by atoms with Crippen LogP contribution in [0.4, 0.5) is 11.4 Å². The quantitative estimate of drug-likeness (QED) is 0.645. The molecule has 0 spiro atoms. The second-order valence-corrected chi connectivity index (χ2v) is 5.06. The first-order valence-electron chi connectivity index (χ1n) is 6.38. The molecule has 0 saturated carbocycles. The van der Waals surface area contributed by atoms with Gasteiger partial charge in [0.2, 0.25) is 0 Å². The minimum Gasteiger partial charge on any atom is -0.465 e. The summed E-state index contributed by atoms with van der Waals surface area (Å²) in [6.07, 6.45) is 1.82. The highest BCUT2D eigenvalue weighted by Gasteiger charge is 2.28. The van der Waals surface area contributed by atoms with Gasteiger partial charge in [0, 0.05) is 18.8 Å². The molecule has 5 heteroatoms. The highest BCUT2D eigenvalue weighted by atomic mass is 16.5. The number of anilines is 2. The summed E-state index contributed by atoms with van der Waals surface area (Å²) in [6, 6.07) is 5.34. The van der Waals surface area contributed by atoms with Crippen LogP contribution in [-0.4, -0.2) is 31.8 Å². The molecule has 1 aromatic rings. The van der Waals surface area contributed by atoms with E-state index in [1.807, 2.05) is 6.07 Å². The van der Waals surface area contributed by atoms with Crippen LogP contribution in [0, 0.1) is 0 Å². The van der Waals surface area contributed by atoms with Crippen molar-refractivity contribution in [2.24, 2.45) is 0 Å². The lowest BCUT2D eigenvalue weighted by atomic mass is 9.92. The maximum absolute atomic E-state index is 11.6. The zero-order valence-electron chi connectivity index (χ0n) is 11.4. The fourth-order valence-corrected chi connectivity index (χ4v) is 2.23. The molecule has 104 valence electrons. The van der Waals surface area contributed by atoms with Gasteiger partial charge in [0.05, 0.1) is 24.0 Å². The summed E-state index contributed by atoms with van der Waals surface area (Å²) < 4.78 is 10.1. The van der Waals surface area contributed by atoms with Gasteiger partial charge in [0.25, 0.3) is 0 Å². The van der Waals surface area contributed by atoms with Crippen LogP contribution in [0.1, 0.15) is 30.1 Å². The molecule has 2 rings (SSSR count). The second-order valence-electron chi connectivity index (χ2n) is 5.06. The number of methoxy groups -OCH3 is 1. The minimum atomic E-state index is -0.418. The molecule has 1 fully saturated rings. The molecule has 0 unspecified atom stereocenters. The van der Waals surface area contributed by atoms with Gasteiger partial charge in [-0.2, -0.15) is 0 Å². The molecule has 5 nitrogen and oxygen atoms in total. The van der Waals surface area contributed by atoms with Crippen molar-refractivity contribution in [3.8, 4) is 0 Å². The maximum Gasteiger partial charge on any atom is 0.340 e. The number of esters is 1. The molecule has 0 atom stereocenters. The third-order valence-corrected chi connectivity index (χ3v) is 3.54. The van der Waals surface area contributed by atoms with Gasteiger partial charge in [0.1, 0.15) is 0 Å². The van der Waals surface area contributed by atoms with E-state index in [-0.39, 0.29) is 5.54 Å². The van der Waals surface area contributed by atoms with Gasteiger partial charge in [-0.25, -0.2) is 4.79 Å². The fraction of sp³-hybridized carbons (Fsp3) is 0.500. The van der Waals surface area contributed by atoms with Gasteiger partial charge in [-0.3, -0.25) is 0 Å². The van der Waals surface area contributed by atoms with Crippen LogP contribution in [-0.2, 0) is 9.47 Å². The van der Waals surface area contributed by atoms with Crippen molar-refractivity contribution in [1.82, 2.24) is 0 Å². The van der Waals surface area contributed by atoms with Gasteiger partial charge < -0.3 is 20.5 Å². The summed E-state index contributed by atoms with van der Waals surface area (Å²) in [5.74, 6) is -0.418. The Balaban J connectivity index is 2.23. The summed E-state index contributed by atoms with van der Waals surface area (Å²) in [4.78, 5) is 11.6. The Morgan fingerprint density at radius 1 is 1.42 bits per heavy atom. The van der Waals surface area contributed by atoms with E-state index in [4.69, 9.17) is 15.2 Å². The average Bonchev–Trinajstić information content (AvgIpc) is 2.41. The predicted octanol–water partition coefficient (Wildman–Crippen LogP) is 2.04. The van der Waals surface area contributed by atoms with Gasteiger partial charge in [-0.15, -0.1) is 0 Å². The van der Waals surface area contributed by atoms with Crippen molar-refractivity contribution in [2.45, 2.75) is 25.3 Å². The number of nitrogens with two attached hydrogens (primary N) is 1. The van der Waals surface area contributed by atoms with E-state index in [2.05, 4.69) is 12.2 Å². The first-order chi connectivity index (χ1) is 9.06. The normalized spacial score (nSPS) is 17.8. The molecule has 1 aromatic carbocycles. The maximum atomic E-state index is 11.6. The molecule has 1 aliphatic rings. The molecule has 0 bridgehead atoms. The minimum absolute atomic E-state index is 0.0545. The SMILES string of the molecule is COC(=O)c1cccc(NC2(C)CCOCC2)c1N. The smallest absolute Gasteiger partial charge is 0.340 e. The summed E-state index contributed by atoms with van der Waals surface area (Å²) >= 11 is 0. The van der Waals surface area contributed by atoms with E-state index in [9.17, 15) is 4.79 Å². The summed E-state index contributed by atoms with van der Waals surface area (Å²) in [7, 11) is 1.35. The first kappa shape index (κ1) is 13.7. The van der Waals surface area contributed by atoms with Crippen LogP contribution in [0.5, 0.6) is 0 Å². The van der Waals surface area contributed by atoms with Crippen LogP contribution in [0.15, 0.2) is 18.2 Å². The van der Waals surface area contributed by atoms with Crippen molar-refractivity contribution in [2.75, 3.05) is 31.4 Å². The molecule has 0 amide bonds. The number of carbonyl (C=O) groups excluding carboxylic acids is 1. The number of hydrogen-bond acceptors (Lipinski definition) is 5. The molecule has 1 aliphatic heterocycles. The van der Waals surface area contributed by atoms with Crippen molar-refractivity contribution in [1.29, 1.82) is 0 Å². The van der Waals surface area contributed by atoms with Crippen LogP contribution in [0.25, 0.3) is 0 Å². The van der Waals surface area contributed by atoms with Gasteiger partial charge in [-0.1, -0.05) is 6.07 Å². The molecular formula is C14H20N2O3.